The van der Waals surface area contributed by atoms with Crippen LogP contribution in [0.1, 0.15) is 37.8 Å². The van der Waals surface area contributed by atoms with Crippen LogP contribution < -0.4 is 10.6 Å². The van der Waals surface area contributed by atoms with E-state index in [0.29, 0.717) is 30.2 Å². The third-order valence-electron chi connectivity index (χ3n) is 4.59. The minimum Gasteiger partial charge on any atom is -0.354 e. The summed E-state index contributed by atoms with van der Waals surface area (Å²) in [5.41, 5.74) is -0.344. The summed E-state index contributed by atoms with van der Waals surface area (Å²) in [4.78, 5) is 6.64. The van der Waals surface area contributed by atoms with E-state index in [2.05, 4.69) is 46.2 Å². The van der Waals surface area contributed by atoms with E-state index in [1.54, 1.807) is 13.1 Å². The van der Waals surface area contributed by atoms with Crippen molar-refractivity contribution in [3.05, 3.63) is 35.4 Å². The molecule has 0 saturated carbocycles. The number of hydrogen-bond acceptors (Lipinski definition) is 2. The number of nitrogens with one attached hydrogen (secondary N) is 2. The van der Waals surface area contributed by atoms with E-state index in [1.165, 1.54) is 6.07 Å². The van der Waals surface area contributed by atoms with Gasteiger partial charge in [0.25, 0.3) is 0 Å². The van der Waals surface area contributed by atoms with Gasteiger partial charge in [-0.15, -0.1) is 24.0 Å². The van der Waals surface area contributed by atoms with Gasteiger partial charge in [-0.05, 0) is 44.9 Å². The molecule has 1 aromatic rings. The Balaban J connectivity index is 0.00000392. The van der Waals surface area contributed by atoms with Gasteiger partial charge in [0.2, 0.25) is 0 Å². The molecule has 0 unspecified atom stereocenters. The molecule has 2 rings (SSSR count). The molecule has 4 nitrogen and oxygen atoms in total. The molecule has 28 heavy (non-hydrogen) atoms. The summed E-state index contributed by atoms with van der Waals surface area (Å²) in [6, 6.07) is 5.96. The molecular weight excluding hydrogens is 480 g/mol. The van der Waals surface area contributed by atoms with Gasteiger partial charge in [0, 0.05) is 37.8 Å². The highest BCUT2D eigenvalue weighted by molar-refractivity contribution is 14.0. The molecule has 0 aliphatic carbocycles. The van der Waals surface area contributed by atoms with Crippen LogP contribution in [0.2, 0.25) is 0 Å². The maximum absolute atomic E-state index is 12.7. The van der Waals surface area contributed by atoms with Gasteiger partial charge in [-0.2, -0.15) is 13.2 Å². The molecule has 1 aromatic carbocycles. The van der Waals surface area contributed by atoms with Crippen molar-refractivity contribution in [3.63, 3.8) is 0 Å². The molecule has 0 spiro atoms. The summed E-state index contributed by atoms with van der Waals surface area (Å²) in [5, 5.41) is 6.48. The van der Waals surface area contributed by atoms with Crippen LogP contribution in [-0.4, -0.2) is 49.6 Å². The van der Waals surface area contributed by atoms with Crippen molar-refractivity contribution in [1.29, 1.82) is 0 Å². The number of likely N-dealkylation sites (tertiary alicyclic amines) is 1. The molecular formula is C20H28F3IN4. The van der Waals surface area contributed by atoms with Crippen molar-refractivity contribution in [2.75, 3.05) is 26.7 Å². The first-order valence-electron chi connectivity index (χ1n) is 9.17. The first kappa shape index (κ1) is 24.6. The summed E-state index contributed by atoms with van der Waals surface area (Å²) in [7, 11) is 1.69. The SMILES string of the molecule is CN=C(NCC#Cc1cccc(C(F)(F)F)c1)NC1CCN(C(C)C)CC1.I. The Morgan fingerprint density at radius 3 is 2.54 bits per heavy atom. The van der Waals surface area contributed by atoms with Crippen LogP contribution in [-0.2, 0) is 6.18 Å². The standard InChI is InChI=1S/C20H27F3N4.HI/c1-15(2)27-12-9-18(10-13-27)26-19(24-3)25-11-5-7-16-6-4-8-17(14-16)20(21,22)23;/h4,6,8,14-15,18H,9-13H2,1-3H3,(H2,24,25,26);1H. The minimum absolute atomic E-state index is 0. The summed E-state index contributed by atoms with van der Waals surface area (Å²) >= 11 is 0. The monoisotopic (exact) mass is 508 g/mol. The van der Waals surface area contributed by atoms with Gasteiger partial charge in [0.15, 0.2) is 5.96 Å². The van der Waals surface area contributed by atoms with E-state index in [4.69, 9.17) is 0 Å². The zero-order valence-electron chi connectivity index (χ0n) is 16.4. The zero-order valence-corrected chi connectivity index (χ0v) is 18.8. The average molecular weight is 508 g/mol. The second kappa shape index (κ2) is 11.5. The predicted octanol–water partition coefficient (Wildman–Crippen LogP) is 3.71. The van der Waals surface area contributed by atoms with Crippen LogP contribution in [0.5, 0.6) is 0 Å². The predicted molar refractivity (Wildman–Crippen MR) is 118 cm³/mol. The van der Waals surface area contributed by atoms with E-state index >= 15 is 0 Å². The van der Waals surface area contributed by atoms with Gasteiger partial charge < -0.3 is 15.5 Å². The fourth-order valence-electron chi connectivity index (χ4n) is 3.00. The van der Waals surface area contributed by atoms with Crippen LogP contribution in [0.25, 0.3) is 0 Å². The van der Waals surface area contributed by atoms with E-state index in [1.807, 2.05) is 0 Å². The minimum atomic E-state index is -4.35. The number of alkyl halides is 3. The third-order valence-corrected chi connectivity index (χ3v) is 4.59. The van der Waals surface area contributed by atoms with Crippen molar-refractivity contribution in [2.45, 2.75) is 44.9 Å². The number of guanidine groups is 1. The Kier molecular flexibility index (Phi) is 10.1. The van der Waals surface area contributed by atoms with E-state index in [9.17, 15) is 13.2 Å². The molecule has 8 heteroatoms. The molecule has 0 radical (unpaired) electrons. The first-order chi connectivity index (χ1) is 12.8. The number of hydrogen-bond donors (Lipinski definition) is 2. The van der Waals surface area contributed by atoms with E-state index < -0.39 is 11.7 Å². The average Bonchev–Trinajstić information content (AvgIpc) is 2.64. The van der Waals surface area contributed by atoms with E-state index in [-0.39, 0.29) is 24.0 Å². The van der Waals surface area contributed by atoms with E-state index in [0.717, 1.165) is 38.1 Å². The Labute approximate surface area is 182 Å². The van der Waals surface area contributed by atoms with Crippen molar-refractivity contribution < 1.29 is 13.2 Å². The van der Waals surface area contributed by atoms with Crippen LogP contribution >= 0.6 is 24.0 Å². The Morgan fingerprint density at radius 1 is 1.29 bits per heavy atom. The number of benzene rings is 1. The van der Waals surface area contributed by atoms with Crippen LogP contribution in [0.3, 0.4) is 0 Å². The first-order valence-corrected chi connectivity index (χ1v) is 9.17. The summed E-state index contributed by atoms with van der Waals surface area (Å²) in [6.45, 7) is 6.83. The lowest BCUT2D eigenvalue weighted by molar-refractivity contribution is -0.137. The van der Waals surface area contributed by atoms with Gasteiger partial charge in [-0.1, -0.05) is 17.9 Å². The van der Waals surface area contributed by atoms with Crippen LogP contribution in [0.4, 0.5) is 13.2 Å². The van der Waals surface area contributed by atoms with Gasteiger partial charge >= 0.3 is 6.18 Å². The normalized spacial score (nSPS) is 16.2. The number of rotatable bonds is 3. The highest BCUT2D eigenvalue weighted by Crippen LogP contribution is 2.29. The Bertz CT molecular complexity index is 699. The summed E-state index contributed by atoms with van der Waals surface area (Å²) < 4.78 is 38.1. The number of halogens is 4. The highest BCUT2D eigenvalue weighted by atomic mass is 127. The highest BCUT2D eigenvalue weighted by Gasteiger charge is 2.30. The molecule has 1 aliphatic rings. The molecule has 0 bridgehead atoms. The second-order valence-corrected chi connectivity index (χ2v) is 6.85. The van der Waals surface area contributed by atoms with Crippen molar-refractivity contribution >= 4 is 29.9 Å². The maximum Gasteiger partial charge on any atom is 0.416 e. The maximum atomic E-state index is 12.7. The zero-order chi connectivity index (χ0) is 19.9. The largest absolute Gasteiger partial charge is 0.416 e. The molecule has 156 valence electrons. The smallest absolute Gasteiger partial charge is 0.354 e. The second-order valence-electron chi connectivity index (χ2n) is 6.85. The molecule has 1 aliphatic heterocycles. The van der Waals surface area contributed by atoms with Gasteiger partial charge in [-0.3, -0.25) is 4.99 Å². The Morgan fingerprint density at radius 2 is 1.96 bits per heavy atom. The number of piperidine rings is 1. The van der Waals surface area contributed by atoms with Crippen molar-refractivity contribution in [2.24, 2.45) is 4.99 Å². The molecule has 1 saturated heterocycles. The lowest BCUT2D eigenvalue weighted by Crippen LogP contribution is -2.49. The quantitative estimate of drug-likeness (QED) is 0.283. The van der Waals surface area contributed by atoms with Crippen molar-refractivity contribution in [3.8, 4) is 11.8 Å². The fourth-order valence-corrected chi connectivity index (χ4v) is 3.00. The fraction of sp³-hybridized carbons (Fsp3) is 0.550. The van der Waals surface area contributed by atoms with Gasteiger partial charge in [0.1, 0.15) is 0 Å². The molecule has 0 aromatic heterocycles. The lowest BCUT2D eigenvalue weighted by atomic mass is 10.0. The Hall–Kier alpha value is -1.47. The van der Waals surface area contributed by atoms with Gasteiger partial charge in [-0.25, -0.2) is 0 Å². The van der Waals surface area contributed by atoms with Gasteiger partial charge in [0.05, 0.1) is 12.1 Å². The van der Waals surface area contributed by atoms with Crippen LogP contribution in [0.15, 0.2) is 29.3 Å². The van der Waals surface area contributed by atoms with Crippen molar-refractivity contribution in [1.82, 2.24) is 15.5 Å². The molecule has 0 amide bonds. The summed E-state index contributed by atoms with van der Waals surface area (Å²) in [6.07, 6.45) is -2.25. The lowest BCUT2D eigenvalue weighted by Gasteiger charge is -2.35. The van der Waals surface area contributed by atoms with Crippen LogP contribution in [0, 0.1) is 11.8 Å². The number of aliphatic imine (C=N–C) groups is 1. The topological polar surface area (TPSA) is 39.7 Å². The third kappa shape index (κ3) is 7.87. The number of nitrogens with zero attached hydrogens (tertiary/aromatic N) is 2. The molecule has 1 heterocycles. The molecule has 2 N–H and O–H groups in total. The molecule has 1 fully saturated rings. The summed E-state index contributed by atoms with van der Waals surface area (Å²) in [5.74, 6) is 6.27. The molecule has 0 atom stereocenters.